The molecule has 0 aliphatic carbocycles. The topological polar surface area (TPSA) is 37.8 Å². The van der Waals surface area contributed by atoms with Crippen molar-refractivity contribution in [1.82, 2.24) is 10.2 Å². The van der Waals surface area contributed by atoms with E-state index >= 15 is 0 Å². The molecule has 3 nitrogen and oxygen atoms in total. The number of nitrogens with zero attached hydrogens (tertiary/aromatic N) is 2. The van der Waals surface area contributed by atoms with Crippen molar-refractivity contribution in [3.8, 4) is 0 Å². The zero-order valence-corrected chi connectivity index (χ0v) is 6.74. The molecule has 54 valence electrons. The molecule has 0 saturated heterocycles. The van der Waals surface area contributed by atoms with Crippen molar-refractivity contribution < 1.29 is 0 Å². The van der Waals surface area contributed by atoms with Gasteiger partial charge in [-0.05, 0) is 0 Å². The van der Waals surface area contributed by atoms with E-state index in [4.69, 9.17) is 11.6 Å². The zero-order chi connectivity index (χ0) is 7.40. The lowest BCUT2D eigenvalue weighted by Crippen LogP contribution is -1.99. The Morgan fingerprint density at radius 2 is 2.70 bits per heavy atom. The van der Waals surface area contributed by atoms with Gasteiger partial charge in [-0.1, -0.05) is 29.5 Å². The molecule has 0 saturated carbocycles. The van der Waals surface area contributed by atoms with Gasteiger partial charge >= 0.3 is 0 Å². The highest BCUT2D eigenvalue weighted by atomic mass is 35.5. The number of halogens is 1. The predicted molar refractivity (Wildman–Crippen MR) is 43.4 cm³/mol. The SMILES string of the molecule is C=C(Cl)CNc1nncs1. The van der Waals surface area contributed by atoms with Crippen LogP contribution in [-0.4, -0.2) is 16.7 Å². The standard InChI is InChI=1S/C5H6ClN3S/c1-4(6)2-7-5-9-8-3-10-5/h3H,1-2H2,(H,7,9). The van der Waals surface area contributed by atoms with Crippen LogP contribution in [0.15, 0.2) is 17.1 Å². The van der Waals surface area contributed by atoms with E-state index in [2.05, 4.69) is 22.1 Å². The number of aromatic nitrogens is 2. The lowest BCUT2D eigenvalue weighted by molar-refractivity contribution is 1.08. The smallest absolute Gasteiger partial charge is 0.205 e. The van der Waals surface area contributed by atoms with Crippen LogP contribution in [0, 0.1) is 0 Å². The quantitative estimate of drug-likeness (QED) is 0.760. The molecular formula is C5H6ClN3S. The molecule has 1 rings (SSSR count). The van der Waals surface area contributed by atoms with Gasteiger partial charge in [0.25, 0.3) is 0 Å². The van der Waals surface area contributed by atoms with Gasteiger partial charge in [0, 0.05) is 5.03 Å². The predicted octanol–water partition coefficient (Wildman–Crippen LogP) is 1.70. The molecule has 0 aromatic carbocycles. The summed E-state index contributed by atoms with van der Waals surface area (Å²) in [7, 11) is 0. The molecule has 0 radical (unpaired) electrons. The van der Waals surface area contributed by atoms with Crippen LogP contribution in [0.25, 0.3) is 0 Å². The summed E-state index contributed by atoms with van der Waals surface area (Å²) in [5, 5.41) is 11.6. The van der Waals surface area contributed by atoms with Crippen molar-refractivity contribution in [2.24, 2.45) is 0 Å². The van der Waals surface area contributed by atoms with Gasteiger partial charge in [-0.15, -0.1) is 10.2 Å². The highest BCUT2D eigenvalue weighted by molar-refractivity contribution is 7.13. The normalized spacial score (nSPS) is 9.30. The maximum atomic E-state index is 5.49. The second-order valence-corrected chi connectivity index (χ2v) is 2.98. The summed E-state index contributed by atoms with van der Waals surface area (Å²) >= 11 is 6.93. The number of anilines is 1. The Balaban J connectivity index is 2.35. The Kier molecular flexibility index (Phi) is 2.65. The minimum absolute atomic E-state index is 0.538. The third-order valence-corrected chi connectivity index (χ3v) is 1.57. The summed E-state index contributed by atoms with van der Waals surface area (Å²) in [4.78, 5) is 0. The Morgan fingerprint density at radius 3 is 3.20 bits per heavy atom. The van der Waals surface area contributed by atoms with Crippen molar-refractivity contribution >= 4 is 28.1 Å². The first-order chi connectivity index (χ1) is 4.79. The van der Waals surface area contributed by atoms with Crippen LogP contribution >= 0.6 is 22.9 Å². The first-order valence-corrected chi connectivity index (χ1v) is 3.88. The van der Waals surface area contributed by atoms with E-state index in [0.717, 1.165) is 5.13 Å². The molecule has 0 aliphatic heterocycles. The first kappa shape index (κ1) is 7.50. The molecule has 5 heteroatoms. The van der Waals surface area contributed by atoms with Crippen molar-refractivity contribution in [3.63, 3.8) is 0 Å². The summed E-state index contributed by atoms with van der Waals surface area (Å²) in [6.45, 7) is 4.05. The average molecular weight is 176 g/mol. The molecule has 1 N–H and O–H groups in total. The maximum Gasteiger partial charge on any atom is 0.205 e. The van der Waals surface area contributed by atoms with Gasteiger partial charge in [0.2, 0.25) is 5.13 Å². The Bertz CT molecular complexity index is 209. The van der Waals surface area contributed by atoms with Crippen molar-refractivity contribution in [1.29, 1.82) is 0 Å². The van der Waals surface area contributed by atoms with E-state index in [1.807, 2.05) is 0 Å². The molecule has 0 spiro atoms. The molecule has 1 heterocycles. The Labute approximate surface area is 67.7 Å². The molecule has 0 atom stereocenters. The zero-order valence-electron chi connectivity index (χ0n) is 5.17. The summed E-state index contributed by atoms with van der Waals surface area (Å²) in [6.07, 6.45) is 0. The van der Waals surface area contributed by atoms with E-state index in [0.29, 0.717) is 11.6 Å². The third-order valence-electron chi connectivity index (χ3n) is 0.791. The van der Waals surface area contributed by atoms with Crippen LogP contribution in [-0.2, 0) is 0 Å². The molecule has 1 aromatic heterocycles. The van der Waals surface area contributed by atoms with Gasteiger partial charge in [-0.2, -0.15) is 0 Å². The van der Waals surface area contributed by atoms with Gasteiger partial charge in [0.1, 0.15) is 5.51 Å². The fourth-order valence-electron chi connectivity index (χ4n) is 0.422. The van der Waals surface area contributed by atoms with Crippen molar-refractivity contribution in [2.45, 2.75) is 0 Å². The summed E-state index contributed by atoms with van der Waals surface area (Å²) < 4.78 is 0. The Morgan fingerprint density at radius 1 is 1.90 bits per heavy atom. The largest absolute Gasteiger partial charge is 0.355 e. The molecule has 0 unspecified atom stereocenters. The first-order valence-electron chi connectivity index (χ1n) is 2.62. The van der Waals surface area contributed by atoms with Gasteiger partial charge in [-0.3, -0.25) is 0 Å². The second-order valence-electron chi connectivity index (χ2n) is 1.61. The molecule has 0 fully saturated rings. The Hall–Kier alpha value is -0.610. The van der Waals surface area contributed by atoms with Gasteiger partial charge < -0.3 is 5.32 Å². The monoisotopic (exact) mass is 175 g/mol. The van der Waals surface area contributed by atoms with Crippen LogP contribution in [0.4, 0.5) is 5.13 Å². The summed E-state index contributed by atoms with van der Waals surface area (Å²) in [6, 6.07) is 0. The highest BCUT2D eigenvalue weighted by Gasteiger charge is 1.93. The van der Waals surface area contributed by atoms with Crippen molar-refractivity contribution in [2.75, 3.05) is 11.9 Å². The number of rotatable bonds is 3. The molecule has 0 aliphatic rings. The molecular weight excluding hydrogens is 170 g/mol. The van der Waals surface area contributed by atoms with Crippen LogP contribution in [0.1, 0.15) is 0 Å². The van der Waals surface area contributed by atoms with Gasteiger partial charge in [-0.25, -0.2) is 0 Å². The average Bonchev–Trinajstić information content (AvgIpc) is 2.34. The summed E-state index contributed by atoms with van der Waals surface area (Å²) in [5.41, 5.74) is 1.65. The molecule has 10 heavy (non-hydrogen) atoms. The van der Waals surface area contributed by atoms with E-state index < -0.39 is 0 Å². The van der Waals surface area contributed by atoms with Gasteiger partial charge in [0.15, 0.2) is 0 Å². The summed E-state index contributed by atoms with van der Waals surface area (Å²) in [5.74, 6) is 0. The van der Waals surface area contributed by atoms with Crippen LogP contribution in [0.2, 0.25) is 0 Å². The third kappa shape index (κ3) is 2.33. The second kappa shape index (κ2) is 3.53. The minimum atomic E-state index is 0.538. The minimum Gasteiger partial charge on any atom is -0.355 e. The molecule has 0 amide bonds. The van der Waals surface area contributed by atoms with Gasteiger partial charge in [0.05, 0.1) is 6.54 Å². The fourth-order valence-corrected chi connectivity index (χ4v) is 0.932. The molecule has 0 bridgehead atoms. The number of hydrogen-bond donors (Lipinski definition) is 1. The highest BCUT2D eigenvalue weighted by Crippen LogP contribution is 2.08. The van der Waals surface area contributed by atoms with Crippen LogP contribution < -0.4 is 5.32 Å². The lowest BCUT2D eigenvalue weighted by atomic mass is 10.6. The fraction of sp³-hybridized carbons (Fsp3) is 0.200. The van der Waals surface area contributed by atoms with E-state index in [1.165, 1.54) is 11.3 Å². The number of nitrogens with one attached hydrogen (secondary N) is 1. The van der Waals surface area contributed by atoms with Crippen LogP contribution in [0.3, 0.4) is 0 Å². The molecule has 1 aromatic rings. The van der Waals surface area contributed by atoms with E-state index in [1.54, 1.807) is 5.51 Å². The van der Waals surface area contributed by atoms with E-state index in [-0.39, 0.29) is 0 Å². The number of hydrogen-bond acceptors (Lipinski definition) is 4. The lowest BCUT2D eigenvalue weighted by Gasteiger charge is -1.96. The van der Waals surface area contributed by atoms with Crippen molar-refractivity contribution in [3.05, 3.63) is 17.1 Å². The van der Waals surface area contributed by atoms with Crippen LogP contribution in [0.5, 0.6) is 0 Å². The maximum absolute atomic E-state index is 5.49. The van der Waals surface area contributed by atoms with E-state index in [9.17, 15) is 0 Å².